The Kier molecular flexibility index (Phi) is 4.53. The Labute approximate surface area is 158 Å². The van der Waals surface area contributed by atoms with Crippen LogP contribution in [0.25, 0.3) is 0 Å². The van der Waals surface area contributed by atoms with Crippen LogP contribution in [0.5, 0.6) is 0 Å². The maximum atomic E-state index is 5.53. The molecule has 5 heterocycles. The minimum Gasteiger partial charge on any atom is -0.381 e. The molecule has 3 aliphatic rings. The molecule has 3 aliphatic heterocycles. The van der Waals surface area contributed by atoms with Gasteiger partial charge in [0.05, 0.1) is 6.54 Å². The van der Waals surface area contributed by atoms with Gasteiger partial charge in [-0.25, -0.2) is 9.97 Å². The number of fused-ring (bicyclic) bond motifs is 1. The zero-order chi connectivity index (χ0) is 18.2. The minimum absolute atomic E-state index is 0.364. The molecule has 0 aliphatic carbocycles. The third kappa shape index (κ3) is 3.43. The molecule has 27 heavy (non-hydrogen) atoms. The average Bonchev–Trinajstić information content (AvgIpc) is 3.38. The number of ether oxygens (including phenoxy) is 1. The van der Waals surface area contributed by atoms with E-state index in [1.54, 1.807) is 6.33 Å². The largest absolute Gasteiger partial charge is 0.381 e. The Bertz CT molecular complexity index is 776. The summed E-state index contributed by atoms with van der Waals surface area (Å²) in [4.78, 5) is 18.1. The first kappa shape index (κ1) is 17.1. The van der Waals surface area contributed by atoms with E-state index in [0.717, 1.165) is 81.9 Å². The van der Waals surface area contributed by atoms with Crippen LogP contribution in [-0.4, -0.2) is 64.4 Å². The van der Waals surface area contributed by atoms with Crippen LogP contribution in [0.4, 0.5) is 5.82 Å². The highest BCUT2D eigenvalue weighted by Gasteiger charge is 2.41. The van der Waals surface area contributed by atoms with Crippen LogP contribution in [-0.2, 0) is 11.3 Å². The summed E-state index contributed by atoms with van der Waals surface area (Å²) in [7, 11) is 0. The van der Waals surface area contributed by atoms with E-state index in [1.807, 2.05) is 6.20 Å². The molecule has 3 fully saturated rings. The standard InChI is InChI=1S/C19H26N6O2/c1-13-6-20-12-21-18(13)25-9-15-7-24(8-16(15)10-25)11-17-22-19(27-23-17)14-2-4-26-5-3-14/h6,12,14-16H,2-5,7-11H2,1H3. The van der Waals surface area contributed by atoms with E-state index in [4.69, 9.17) is 9.26 Å². The first-order chi connectivity index (χ1) is 13.3. The number of hydrogen-bond donors (Lipinski definition) is 0. The molecule has 5 rings (SSSR count). The van der Waals surface area contributed by atoms with Crippen LogP contribution in [0, 0.1) is 18.8 Å². The van der Waals surface area contributed by atoms with Gasteiger partial charge in [0.2, 0.25) is 5.89 Å². The number of anilines is 1. The SMILES string of the molecule is Cc1cncnc1N1CC2CN(Cc3noc(C4CCOCC4)n3)CC2C1. The second-order valence-electron chi connectivity index (χ2n) is 8.08. The van der Waals surface area contributed by atoms with E-state index in [1.165, 1.54) is 0 Å². The van der Waals surface area contributed by atoms with Gasteiger partial charge in [-0.05, 0) is 31.6 Å². The van der Waals surface area contributed by atoms with Crippen molar-refractivity contribution >= 4 is 5.82 Å². The molecule has 2 aromatic rings. The lowest BCUT2D eigenvalue weighted by molar-refractivity contribution is 0.0778. The lowest BCUT2D eigenvalue weighted by Crippen LogP contribution is -2.29. The van der Waals surface area contributed by atoms with Crippen LogP contribution < -0.4 is 4.90 Å². The Morgan fingerprint density at radius 3 is 2.63 bits per heavy atom. The van der Waals surface area contributed by atoms with Gasteiger partial charge in [0.1, 0.15) is 12.1 Å². The third-order valence-corrected chi connectivity index (χ3v) is 6.15. The first-order valence-corrected chi connectivity index (χ1v) is 9.90. The number of likely N-dealkylation sites (tertiary alicyclic amines) is 1. The fourth-order valence-corrected chi connectivity index (χ4v) is 4.76. The van der Waals surface area contributed by atoms with Crippen LogP contribution >= 0.6 is 0 Å². The van der Waals surface area contributed by atoms with Gasteiger partial charge < -0.3 is 14.2 Å². The molecule has 2 unspecified atom stereocenters. The second kappa shape index (κ2) is 7.16. The highest BCUT2D eigenvalue weighted by molar-refractivity contribution is 5.46. The van der Waals surface area contributed by atoms with Crippen LogP contribution in [0.2, 0.25) is 0 Å². The van der Waals surface area contributed by atoms with Crippen molar-refractivity contribution in [2.45, 2.75) is 32.2 Å². The molecule has 3 saturated heterocycles. The monoisotopic (exact) mass is 370 g/mol. The number of aryl methyl sites for hydroxylation is 1. The third-order valence-electron chi connectivity index (χ3n) is 6.15. The Morgan fingerprint density at radius 1 is 1.11 bits per heavy atom. The van der Waals surface area contributed by atoms with Crippen LogP contribution in [0.15, 0.2) is 17.0 Å². The molecular formula is C19H26N6O2. The smallest absolute Gasteiger partial charge is 0.229 e. The summed E-state index contributed by atoms with van der Waals surface area (Å²) >= 11 is 0. The molecule has 8 nitrogen and oxygen atoms in total. The van der Waals surface area contributed by atoms with Crippen molar-refractivity contribution in [3.05, 3.63) is 29.8 Å². The van der Waals surface area contributed by atoms with E-state index in [2.05, 4.69) is 36.8 Å². The Hall–Kier alpha value is -2.06. The summed E-state index contributed by atoms with van der Waals surface area (Å²) in [5.41, 5.74) is 1.15. The molecule has 0 radical (unpaired) electrons. The quantitative estimate of drug-likeness (QED) is 0.803. The van der Waals surface area contributed by atoms with Crippen molar-refractivity contribution in [1.82, 2.24) is 25.0 Å². The van der Waals surface area contributed by atoms with Gasteiger partial charge in [-0.15, -0.1) is 0 Å². The lowest BCUT2D eigenvalue weighted by atomic mass is 10.0. The highest BCUT2D eigenvalue weighted by Crippen LogP contribution is 2.34. The van der Waals surface area contributed by atoms with Crippen LogP contribution in [0.3, 0.4) is 0 Å². The number of aromatic nitrogens is 4. The zero-order valence-corrected chi connectivity index (χ0v) is 15.8. The molecule has 2 atom stereocenters. The van der Waals surface area contributed by atoms with Crippen molar-refractivity contribution in [3.63, 3.8) is 0 Å². The van der Waals surface area contributed by atoms with Crippen LogP contribution in [0.1, 0.15) is 36.0 Å². The van der Waals surface area contributed by atoms with Crippen molar-refractivity contribution in [3.8, 4) is 0 Å². The Morgan fingerprint density at radius 2 is 1.89 bits per heavy atom. The maximum Gasteiger partial charge on any atom is 0.229 e. The molecular weight excluding hydrogens is 344 g/mol. The summed E-state index contributed by atoms with van der Waals surface area (Å²) in [5.74, 6) is 4.42. The van der Waals surface area contributed by atoms with Gasteiger partial charge in [0.15, 0.2) is 5.82 Å². The van der Waals surface area contributed by atoms with Crippen molar-refractivity contribution in [1.29, 1.82) is 0 Å². The molecule has 144 valence electrons. The van der Waals surface area contributed by atoms with Gasteiger partial charge in [0, 0.05) is 57.1 Å². The van der Waals surface area contributed by atoms with Gasteiger partial charge in [0.25, 0.3) is 0 Å². The van der Waals surface area contributed by atoms with E-state index in [-0.39, 0.29) is 0 Å². The molecule has 2 aromatic heterocycles. The van der Waals surface area contributed by atoms with E-state index < -0.39 is 0 Å². The van der Waals surface area contributed by atoms with Crippen molar-refractivity contribution < 1.29 is 9.26 Å². The van der Waals surface area contributed by atoms with Crippen molar-refractivity contribution in [2.24, 2.45) is 11.8 Å². The molecule has 8 heteroatoms. The van der Waals surface area contributed by atoms with Gasteiger partial charge >= 0.3 is 0 Å². The van der Waals surface area contributed by atoms with E-state index >= 15 is 0 Å². The highest BCUT2D eigenvalue weighted by atomic mass is 16.5. The summed E-state index contributed by atoms with van der Waals surface area (Å²) in [6.45, 7) is 8.77. The predicted molar refractivity (Wildman–Crippen MR) is 98.3 cm³/mol. The molecule has 0 bridgehead atoms. The summed E-state index contributed by atoms with van der Waals surface area (Å²) in [6, 6.07) is 0. The number of hydrogen-bond acceptors (Lipinski definition) is 8. The number of nitrogens with zero attached hydrogens (tertiary/aromatic N) is 6. The van der Waals surface area contributed by atoms with Gasteiger partial charge in [-0.3, -0.25) is 4.90 Å². The topological polar surface area (TPSA) is 80.4 Å². The number of rotatable bonds is 4. The van der Waals surface area contributed by atoms with Crippen molar-refractivity contribution in [2.75, 3.05) is 44.3 Å². The van der Waals surface area contributed by atoms with E-state index in [0.29, 0.717) is 17.8 Å². The van der Waals surface area contributed by atoms with Gasteiger partial charge in [-0.2, -0.15) is 4.98 Å². The summed E-state index contributed by atoms with van der Waals surface area (Å²) < 4.78 is 10.9. The molecule has 0 N–H and O–H groups in total. The fourth-order valence-electron chi connectivity index (χ4n) is 4.76. The summed E-state index contributed by atoms with van der Waals surface area (Å²) in [5, 5.41) is 4.23. The zero-order valence-electron chi connectivity index (χ0n) is 15.8. The minimum atomic E-state index is 0.364. The molecule has 0 aromatic carbocycles. The van der Waals surface area contributed by atoms with Gasteiger partial charge in [-0.1, -0.05) is 5.16 Å². The normalized spacial score (nSPS) is 26.6. The second-order valence-corrected chi connectivity index (χ2v) is 8.08. The molecule has 0 amide bonds. The predicted octanol–water partition coefficient (Wildman–Crippen LogP) is 1.63. The fraction of sp³-hybridized carbons (Fsp3) is 0.684. The van der Waals surface area contributed by atoms with E-state index in [9.17, 15) is 0 Å². The maximum absolute atomic E-state index is 5.53. The lowest BCUT2D eigenvalue weighted by Gasteiger charge is -2.22. The Balaban J connectivity index is 1.18. The molecule has 0 spiro atoms. The summed E-state index contributed by atoms with van der Waals surface area (Å²) in [6.07, 6.45) is 5.51. The first-order valence-electron chi connectivity index (χ1n) is 9.90. The molecule has 0 saturated carbocycles. The average molecular weight is 370 g/mol.